The second-order valence-electron chi connectivity index (χ2n) is 5.13. The number of piperidine rings is 1. The molecule has 1 aromatic carbocycles. The largest absolute Gasteiger partial charge is 0.316 e. The lowest BCUT2D eigenvalue weighted by Gasteiger charge is -2.22. The van der Waals surface area contributed by atoms with Crippen molar-refractivity contribution in [3.05, 3.63) is 35.6 Å². The van der Waals surface area contributed by atoms with Crippen LogP contribution in [-0.2, 0) is 6.42 Å². The summed E-state index contributed by atoms with van der Waals surface area (Å²) in [6, 6.07) is 6.87. The van der Waals surface area contributed by atoms with E-state index in [1.807, 2.05) is 6.07 Å². The fraction of sp³-hybridized carbons (Fsp3) is 0.600. The van der Waals surface area contributed by atoms with Crippen molar-refractivity contribution in [2.24, 2.45) is 5.92 Å². The van der Waals surface area contributed by atoms with E-state index >= 15 is 0 Å². The summed E-state index contributed by atoms with van der Waals surface area (Å²) >= 11 is 0. The molecule has 1 fully saturated rings. The highest BCUT2D eigenvalue weighted by Crippen LogP contribution is 2.12. The fourth-order valence-electron chi connectivity index (χ4n) is 2.53. The first kappa shape index (κ1) is 13.5. The molecule has 0 aromatic heterocycles. The third-order valence-electron chi connectivity index (χ3n) is 3.61. The van der Waals surface area contributed by atoms with E-state index in [-0.39, 0.29) is 5.82 Å². The van der Waals surface area contributed by atoms with E-state index in [9.17, 15) is 4.39 Å². The minimum absolute atomic E-state index is 0.138. The van der Waals surface area contributed by atoms with Crippen LogP contribution in [0.1, 0.15) is 24.8 Å². The lowest BCUT2D eigenvalue weighted by molar-refractivity contribution is 0.352. The van der Waals surface area contributed by atoms with E-state index in [1.54, 1.807) is 12.1 Å². The number of hydrogen-bond donors (Lipinski definition) is 2. The number of benzene rings is 1. The zero-order chi connectivity index (χ0) is 12.6. The van der Waals surface area contributed by atoms with E-state index in [2.05, 4.69) is 10.6 Å². The number of nitrogens with one attached hydrogen (secondary N) is 2. The van der Waals surface area contributed by atoms with Gasteiger partial charge in [-0.05, 0) is 75.5 Å². The second kappa shape index (κ2) is 7.49. The molecule has 0 saturated carbocycles. The van der Waals surface area contributed by atoms with Crippen molar-refractivity contribution < 1.29 is 4.39 Å². The normalized spacial score (nSPS) is 19.9. The Balaban J connectivity index is 1.55. The molecule has 0 spiro atoms. The summed E-state index contributed by atoms with van der Waals surface area (Å²) in [6.45, 7) is 4.36. The van der Waals surface area contributed by atoms with E-state index in [0.29, 0.717) is 0 Å². The fourth-order valence-corrected chi connectivity index (χ4v) is 2.53. The number of hydrogen-bond acceptors (Lipinski definition) is 2. The monoisotopic (exact) mass is 250 g/mol. The Kier molecular flexibility index (Phi) is 5.62. The van der Waals surface area contributed by atoms with Gasteiger partial charge in [-0.15, -0.1) is 0 Å². The van der Waals surface area contributed by atoms with E-state index in [1.165, 1.54) is 38.4 Å². The first-order valence-corrected chi connectivity index (χ1v) is 7.00. The van der Waals surface area contributed by atoms with Gasteiger partial charge >= 0.3 is 0 Å². The molecule has 1 atom stereocenters. The maximum atomic E-state index is 13.0. The van der Waals surface area contributed by atoms with Crippen molar-refractivity contribution >= 4 is 0 Å². The molecule has 2 N–H and O–H groups in total. The van der Waals surface area contributed by atoms with Gasteiger partial charge in [0.1, 0.15) is 5.82 Å². The van der Waals surface area contributed by atoms with Crippen LogP contribution in [0.3, 0.4) is 0 Å². The molecule has 0 amide bonds. The van der Waals surface area contributed by atoms with Crippen molar-refractivity contribution in [1.82, 2.24) is 10.6 Å². The lowest BCUT2D eigenvalue weighted by Crippen LogP contribution is -2.32. The minimum atomic E-state index is -0.138. The Morgan fingerprint density at radius 2 is 2.28 bits per heavy atom. The first-order chi connectivity index (χ1) is 8.84. The molecule has 1 heterocycles. The topological polar surface area (TPSA) is 24.1 Å². The van der Waals surface area contributed by atoms with Crippen LogP contribution in [0.4, 0.5) is 4.39 Å². The summed E-state index contributed by atoms with van der Waals surface area (Å²) in [5.74, 6) is 0.696. The van der Waals surface area contributed by atoms with Crippen LogP contribution in [0.25, 0.3) is 0 Å². The SMILES string of the molecule is Fc1cccc(CCNCCC2CCCNC2)c1. The van der Waals surface area contributed by atoms with Crippen LogP contribution in [0, 0.1) is 11.7 Å². The van der Waals surface area contributed by atoms with Gasteiger partial charge in [-0.25, -0.2) is 4.39 Å². The van der Waals surface area contributed by atoms with Crippen LogP contribution < -0.4 is 10.6 Å². The summed E-state index contributed by atoms with van der Waals surface area (Å²) in [6.07, 6.45) is 4.82. The standard InChI is InChI=1S/C15H23FN2/c16-15-5-1-3-13(11-15)6-9-17-10-7-14-4-2-8-18-12-14/h1,3,5,11,14,17-18H,2,4,6-10,12H2. The predicted molar refractivity (Wildman–Crippen MR) is 73.2 cm³/mol. The van der Waals surface area contributed by atoms with Gasteiger partial charge in [0, 0.05) is 0 Å². The van der Waals surface area contributed by atoms with Gasteiger partial charge in [-0.1, -0.05) is 12.1 Å². The molecule has 3 heteroatoms. The summed E-state index contributed by atoms with van der Waals surface area (Å²) in [4.78, 5) is 0. The van der Waals surface area contributed by atoms with Gasteiger partial charge in [0.25, 0.3) is 0 Å². The van der Waals surface area contributed by atoms with Crippen molar-refractivity contribution in [2.45, 2.75) is 25.7 Å². The van der Waals surface area contributed by atoms with Crippen LogP contribution in [0.2, 0.25) is 0 Å². The smallest absolute Gasteiger partial charge is 0.123 e. The van der Waals surface area contributed by atoms with Crippen LogP contribution in [0.15, 0.2) is 24.3 Å². The molecule has 0 aliphatic carbocycles. The molecule has 1 aromatic rings. The third-order valence-corrected chi connectivity index (χ3v) is 3.61. The van der Waals surface area contributed by atoms with Crippen molar-refractivity contribution in [1.29, 1.82) is 0 Å². The third kappa shape index (κ3) is 4.75. The highest BCUT2D eigenvalue weighted by Gasteiger charge is 2.11. The van der Waals surface area contributed by atoms with Crippen LogP contribution in [-0.4, -0.2) is 26.2 Å². The van der Waals surface area contributed by atoms with Gasteiger partial charge < -0.3 is 10.6 Å². The van der Waals surface area contributed by atoms with Gasteiger partial charge in [0.15, 0.2) is 0 Å². The molecular weight excluding hydrogens is 227 g/mol. The maximum absolute atomic E-state index is 13.0. The van der Waals surface area contributed by atoms with Crippen molar-refractivity contribution in [3.8, 4) is 0 Å². The lowest BCUT2D eigenvalue weighted by atomic mass is 9.96. The Hall–Kier alpha value is -0.930. The van der Waals surface area contributed by atoms with E-state index < -0.39 is 0 Å². The molecule has 100 valence electrons. The van der Waals surface area contributed by atoms with Crippen molar-refractivity contribution in [3.63, 3.8) is 0 Å². The van der Waals surface area contributed by atoms with Gasteiger partial charge in [-0.3, -0.25) is 0 Å². The molecule has 0 bridgehead atoms. The summed E-state index contributed by atoms with van der Waals surface area (Å²) in [5, 5.41) is 6.89. The molecule has 1 saturated heterocycles. The molecule has 1 aliphatic heterocycles. The minimum Gasteiger partial charge on any atom is -0.316 e. The van der Waals surface area contributed by atoms with E-state index in [4.69, 9.17) is 0 Å². The Labute approximate surface area is 109 Å². The molecule has 18 heavy (non-hydrogen) atoms. The van der Waals surface area contributed by atoms with Crippen LogP contribution in [0.5, 0.6) is 0 Å². The quantitative estimate of drug-likeness (QED) is 0.757. The summed E-state index contributed by atoms with van der Waals surface area (Å²) in [7, 11) is 0. The van der Waals surface area contributed by atoms with Gasteiger partial charge in [0.05, 0.1) is 0 Å². The number of rotatable bonds is 6. The Morgan fingerprint density at radius 1 is 1.33 bits per heavy atom. The highest BCUT2D eigenvalue weighted by molar-refractivity contribution is 5.16. The van der Waals surface area contributed by atoms with Gasteiger partial charge in [-0.2, -0.15) is 0 Å². The molecule has 0 radical (unpaired) electrons. The van der Waals surface area contributed by atoms with Crippen LogP contribution >= 0.6 is 0 Å². The van der Waals surface area contributed by atoms with E-state index in [0.717, 1.165) is 31.0 Å². The summed E-state index contributed by atoms with van der Waals surface area (Å²) < 4.78 is 13.0. The Morgan fingerprint density at radius 3 is 3.06 bits per heavy atom. The van der Waals surface area contributed by atoms with Gasteiger partial charge in [0.2, 0.25) is 0 Å². The van der Waals surface area contributed by atoms with Crippen molar-refractivity contribution in [2.75, 3.05) is 26.2 Å². The first-order valence-electron chi connectivity index (χ1n) is 7.00. The predicted octanol–water partition coefficient (Wildman–Crippen LogP) is 2.35. The average molecular weight is 250 g/mol. The molecule has 2 nitrogen and oxygen atoms in total. The highest BCUT2D eigenvalue weighted by atomic mass is 19.1. The second-order valence-corrected chi connectivity index (χ2v) is 5.13. The molecule has 1 aliphatic rings. The average Bonchev–Trinajstić information content (AvgIpc) is 2.40. The molecule has 2 rings (SSSR count). The Bertz CT molecular complexity index is 348. The summed E-state index contributed by atoms with van der Waals surface area (Å²) in [5.41, 5.74) is 1.07. The number of halogens is 1. The zero-order valence-corrected chi connectivity index (χ0v) is 10.9. The zero-order valence-electron chi connectivity index (χ0n) is 10.9. The molecular formula is C15H23FN2. The maximum Gasteiger partial charge on any atom is 0.123 e. The molecule has 1 unspecified atom stereocenters.